The fourth-order valence-electron chi connectivity index (χ4n) is 3.04. The highest BCUT2D eigenvalue weighted by molar-refractivity contribution is 14.1. The summed E-state index contributed by atoms with van der Waals surface area (Å²) in [6.07, 6.45) is 1.45. The molecule has 0 atom stereocenters. The summed E-state index contributed by atoms with van der Waals surface area (Å²) in [5.41, 5.74) is 1.73. The molecule has 156 valence electrons. The van der Waals surface area contributed by atoms with Gasteiger partial charge in [-0.15, -0.1) is 0 Å². The smallest absolute Gasteiger partial charge is 0.335 e. The summed E-state index contributed by atoms with van der Waals surface area (Å²) < 4.78 is 12.1. The molecule has 1 saturated heterocycles. The second kappa shape index (κ2) is 9.29. The Morgan fingerprint density at radius 2 is 1.80 bits per heavy atom. The molecule has 0 spiro atoms. The van der Waals surface area contributed by atoms with Gasteiger partial charge in [-0.3, -0.25) is 14.9 Å². The third-order valence-electron chi connectivity index (χ3n) is 4.29. The van der Waals surface area contributed by atoms with Crippen molar-refractivity contribution in [2.75, 3.05) is 18.1 Å². The number of carbonyl (C=O) groups excluding carboxylic acids is 3. The fraction of sp³-hybridized carbons (Fsp3) is 0.227. The second-order valence-corrected chi connectivity index (χ2v) is 7.66. The Morgan fingerprint density at radius 1 is 1.07 bits per heavy atom. The predicted octanol–water partition coefficient (Wildman–Crippen LogP) is 4.06. The highest BCUT2D eigenvalue weighted by atomic mass is 127. The number of benzene rings is 2. The van der Waals surface area contributed by atoms with Gasteiger partial charge in [-0.1, -0.05) is 12.1 Å². The average Bonchev–Trinajstić information content (AvgIpc) is 2.68. The number of amides is 4. The first kappa shape index (κ1) is 21.8. The lowest BCUT2D eigenvalue weighted by Gasteiger charge is -2.26. The Morgan fingerprint density at radius 3 is 2.47 bits per heavy atom. The third-order valence-corrected chi connectivity index (χ3v) is 5.09. The molecule has 8 heteroatoms. The number of nitrogens with one attached hydrogen (secondary N) is 1. The number of halogens is 1. The van der Waals surface area contributed by atoms with Gasteiger partial charge < -0.3 is 9.47 Å². The number of urea groups is 1. The lowest BCUT2D eigenvalue weighted by Crippen LogP contribution is -2.54. The molecule has 0 radical (unpaired) electrons. The molecule has 7 nitrogen and oxygen atoms in total. The second-order valence-electron chi connectivity index (χ2n) is 6.49. The van der Waals surface area contributed by atoms with E-state index >= 15 is 0 Å². The molecule has 2 aromatic rings. The number of hydrogen-bond donors (Lipinski definition) is 1. The van der Waals surface area contributed by atoms with E-state index in [9.17, 15) is 14.4 Å². The maximum Gasteiger partial charge on any atom is 0.335 e. The van der Waals surface area contributed by atoms with E-state index in [1.165, 1.54) is 6.08 Å². The van der Waals surface area contributed by atoms with Crippen molar-refractivity contribution in [3.05, 3.63) is 56.7 Å². The van der Waals surface area contributed by atoms with Crippen LogP contribution in [0.15, 0.2) is 42.0 Å². The van der Waals surface area contributed by atoms with E-state index in [-0.39, 0.29) is 5.57 Å². The van der Waals surface area contributed by atoms with Crippen LogP contribution in [0.1, 0.15) is 25.0 Å². The fourth-order valence-corrected chi connectivity index (χ4v) is 3.83. The van der Waals surface area contributed by atoms with Gasteiger partial charge >= 0.3 is 6.03 Å². The lowest BCUT2D eigenvalue weighted by atomic mass is 10.1. The van der Waals surface area contributed by atoms with Crippen molar-refractivity contribution in [1.82, 2.24) is 5.32 Å². The van der Waals surface area contributed by atoms with E-state index in [2.05, 4.69) is 27.9 Å². The minimum atomic E-state index is -0.774. The first-order valence-corrected chi connectivity index (χ1v) is 10.5. The third kappa shape index (κ3) is 4.48. The van der Waals surface area contributed by atoms with Gasteiger partial charge in [0, 0.05) is 0 Å². The molecule has 30 heavy (non-hydrogen) atoms. The van der Waals surface area contributed by atoms with E-state index in [0.717, 1.165) is 14.0 Å². The maximum absolute atomic E-state index is 13.0. The van der Waals surface area contributed by atoms with Crippen molar-refractivity contribution in [3.8, 4) is 11.5 Å². The Balaban J connectivity index is 2.04. The van der Waals surface area contributed by atoms with Crippen LogP contribution in [0.5, 0.6) is 11.5 Å². The zero-order valence-electron chi connectivity index (χ0n) is 16.8. The molecular formula is C22H21IN2O5. The number of hydrogen-bond acceptors (Lipinski definition) is 5. The highest BCUT2D eigenvalue weighted by Crippen LogP contribution is 2.35. The van der Waals surface area contributed by atoms with Crippen molar-refractivity contribution in [2.45, 2.75) is 20.8 Å². The predicted molar refractivity (Wildman–Crippen MR) is 122 cm³/mol. The van der Waals surface area contributed by atoms with Crippen LogP contribution >= 0.6 is 22.6 Å². The summed E-state index contributed by atoms with van der Waals surface area (Å²) >= 11 is 2.12. The van der Waals surface area contributed by atoms with E-state index < -0.39 is 17.8 Å². The minimum Gasteiger partial charge on any atom is -0.490 e. The monoisotopic (exact) mass is 520 g/mol. The Bertz CT molecular complexity index is 1050. The Hall–Kier alpha value is -2.88. The molecule has 0 unspecified atom stereocenters. The van der Waals surface area contributed by atoms with Crippen LogP contribution < -0.4 is 19.7 Å². The average molecular weight is 520 g/mol. The first-order chi connectivity index (χ1) is 14.3. The Labute approximate surface area is 188 Å². The first-order valence-electron chi connectivity index (χ1n) is 9.43. The van der Waals surface area contributed by atoms with Crippen molar-refractivity contribution >= 4 is 52.2 Å². The van der Waals surface area contributed by atoms with Crippen LogP contribution in [0.3, 0.4) is 0 Å². The summed E-state index contributed by atoms with van der Waals surface area (Å²) in [6.45, 7) is 6.51. The highest BCUT2D eigenvalue weighted by Gasteiger charge is 2.36. The van der Waals surface area contributed by atoms with E-state index in [1.807, 2.05) is 26.8 Å². The largest absolute Gasteiger partial charge is 0.490 e. The number of rotatable bonds is 6. The van der Waals surface area contributed by atoms with Gasteiger partial charge in [-0.25, -0.2) is 9.69 Å². The van der Waals surface area contributed by atoms with Gasteiger partial charge in [0.1, 0.15) is 5.57 Å². The number of nitrogens with zero attached hydrogens (tertiary/aromatic N) is 1. The van der Waals surface area contributed by atoms with Crippen LogP contribution in [0.25, 0.3) is 6.08 Å². The van der Waals surface area contributed by atoms with Crippen molar-refractivity contribution in [2.24, 2.45) is 0 Å². The molecule has 0 aromatic heterocycles. The standard InChI is InChI=1S/C22H21IN2O5/c1-4-29-18-12-14(11-17(23)19(18)30-5-2)10-16-20(26)24-22(28)25(21(16)27)15-8-6-7-13(3)9-15/h6-12H,4-5H2,1-3H3,(H,24,26,28)/b16-10+. The Kier molecular flexibility index (Phi) is 6.76. The van der Waals surface area contributed by atoms with Crippen LogP contribution in [-0.4, -0.2) is 31.1 Å². The van der Waals surface area contributed by atoms with Crippen LogP contribution in [-0.2, 0) is 9.59 Å². The maximum atomic E-state index is 13.0. The van der Waals surface area contributed by atoms with Crippen molar-refractivity contribution in [1.29, 1.82) is 0 Å². The molecule has 1 aliphatic rings. The minimum absolute atomic E-state index is 0.140. The summed E-state index contributed by atoms with van der Waals surface area (Å²) in [4.78, 5) is 38.8. The summed E-state index contributed by atoms with van der Waals surface area (Å²) in [6, 6.07) is 9.67. The number of aryl methyl sites for hydroxylation is 1. The summed E-state index contributed by atoms with van der Waals surface area (Å²) in [7, 11) is 0. The van der Waals surface area contributed by atoms with Gasteiger partial charge in [0.2, 0.25) is 0 Å². The zero-order valence-corrected chi connectivity index (χ0v) is 19.0. The molecule has 1 aliphatic heterocycles. The van der Waals surface area contributed by atoms with Gasteiger partial charge in [0.15, 0.2) is 11.5 Å². The molecule has 1 N–H and O–H groups in total. The van der Waals surface area contributed by atoms with E-state index in [4.69, 9.17) is 9.47 Å². The zero-order chi connectivity index (χ0) is 21.8. The summed E-state index contributed by atoms with van der Waals surface area (Å²) in [5, 5.41) is 2.24. The summed E-state index contributed by atoms with van der Waals surface area (Å²) in [5.74, 6) is -0.293. The van der Waals surface area contributed by atoms with E-state index in [1.54, 1.807) is 30.3 Å². The van der Waals surface area contributed by atoms with Crippen molar-refractivity contribution in [3.63, 3.8) is 0 Å². The van der Waals surface area contributed by atoms with Gasteiger partial charge in [0.25, 0.3) is 11.8 Å². The molecule has 1 fully saturated rings. The SMILES string of the molecule is CCOc1cc(/C=C2\C(=O)NC(=O)N(c3cccc(C)c3)C2=O)cc(I)c1OCC. The lowest BCUT2D eigenvalue weighted by molar-refractivity contribution is -0.122. The quantitative estimate of drug-likeness (QED) is 0.353. The number of ether oxygens (including phenoxy) is 2. The van der Waals surface area contributed by atoms with Gasteiger partial charge in [-0.05, 0) is 84.8 Å². The molecule has 0 saturated carbocycles. The van der Waals surface area contributed by atoms with Crippen LogP contribution in [0.4, 0.5) is 10.5 Å². The topological polar surface area (TPSA) is 84.9 Å². The van der Waals surface area contributed by atoms with Crippen LogP contribution in [0, 0.1) is 10.5 Å². The van der Waals surface area contributed by atoms with Gasteiger partial charge in [0.05, 0.1) is 22.5 Å². The van der Waals surface area contributed by atoms with Crippen molar-refractivity contribution < 1.29 is 23.9 Å². The number of barbiturate groups is 1. The molecule has 0 aliphatic carbocycles. The van der Waals surface area contributed by atoms with E-state index in [0.29, 0.717) is 36.0 Å². The van der Waals surface area contributed by atoms with Crippen LogP contribution in [0.2, 0.25) is 0 Å². The molecule has 2 aromatic carbocycles. The molecule has 0 bridgehead atoms. The molecular weight excluding hydrogens is 499 g/mol. The molecule has 1 heterocycles. The number of anilines is 1. The number of carbonyl (C=O) groups is 3. The molecule has 3 rings (SSSR count). The number of imide groups is 2. The molecule has 4 amide bonds. The normalized spacial score (nSPS) is 15.4. The van der Waals surface area contributed by atoms with Gasteiger partial charge in [-0.2, -0.15) is 0 Å².